The Hall–Kier alpha value is -7.56. The largest absolute Gasteiger partial charge is 0.393 e. The normalized spacial score (nSPS) is 48.7. The first-order valence-corrected chi connectivity index (χ1v) is 27.1. The quantitative estimate of drug-likeness (QED) is 0.0537. The van der Waals surface area contributed by atoms with Crippen LogP contribution in [-0.2, 0) is 0 Å². The lowest BCUT2D eigenvalue weighted by molar-refractivity contribution is 0.0737. The minimum atomic E-state index is -4.22. The summed E-state index contributed by atoms with van der Waals surface area (Å²) in [6, 6.07) is -13.4. The van der Waals surface area contributed by atoms with Crippen molar-refractivity contribution in [3.63, 3.8) is 0 Å². The molecule has 4 aromatic heterocycles. The van der Waals surface area contributed by atoms with Gasteiger partial charge in [-0.25, -0.2) is 19.9 Å². The monoisotopic (exact) mass is 1330 g/mol. The van der Waals surface area contributed by atoms with Crippen LogP contribution in [0.2, 0.25) is 0 Å². The molecule has 4 heterocycles. The van der Waals surface area contributed by atoms with Crippen molar-refractivity contribution >= 4 is 70.7 Å². The summed E-state index contributed by atoms with van der Waals surface area (Å²) >= 11 is 0. The van der Waals surface area contributed by atoms with E-state index in [0.717, 1.165) is 24.8 Å². The minimum Gasteiger partial charge on any atom is -0.393 e. The van der Waals surface area contributed by atoms with E-state index in [1.165, 1.54) is 0 Å². The third-order valence-corrected chi connectivity index (χ3v) is 10.7. The Morgan fingerprint density at radius 2 is 0.707 bits per heavy atom. The van der Waals surface area contributed by atoms with Crippen molar-refractivity contribution in [2.45, 2.75) is 258 Å². The van der Waals surface area contributed by atoms with Crippen LogP contribution in [0.15, 0.2) is 24.8 Å². The van der Waals surface area contributed by atoms with Gasteiger partial charge in [0.15, 0.2) is 0 Å². The number of amides is 4. The van der Waals surface area contributed by atoms with Crippen molar-refractivity contribution in [3.05, 3.63) is 47.0 Å². The number of nitrogens with two attached hydrogens (primary N) is 4. The number of carbonyl (C=O) groups is 4. The van der Waals surface area contributed by atoms with Crippen molar-refractivity contribution in [3.8, 4) is 0 Å². The van der Waals surface area contributed by atoms with E-state index in [-0.39, 0.29) is 23.8 Å². The number of carbonyl (C=O) groups excluding carboxylic acids is 4. The standard InChI is InChI=1S/4C16H27N5O2/c4*1-9-5-6-10(7-12(9)22)19-14-11(13(17)23)8-18-15(20-14)21-16(2,3)4/h4*8-10,12,22H,5-7H2,1-4H3,(H2,17,23)(H2,18,19,20,21)/i1D3,5D2,6D2,7D2,9D,10D,12D;1D3,5D2,6D2,7D,9D,10D,12D;1D3,5D2,6D,7D2,9D,10D,12D;1D3,5D2,6D2,9D,10D,12D. The van der Waals surface area contributed by atoms with Crippen molar-refractivity contribution in [1.82, 2.24) is 39.9 Å². The van der Waals surface area contributed by atoms with Gasteiger partial charge >= 0.3 is 0 Å². The summed E-state index contributed by atoms with van der Waals surface area (Å²) in [7, 11) is 0. The first-order chi connectivity index (χ1) is 59.4. The van der Waals surface area contributed by atoms with E-state index < -0.39 is 267 Å². The Bertz CT molecular complexity index is 5000. The minimum absolute atomic E-state index is 0.0588. The predicted molar refractivity (Wildman–Crippen MR) is 361 cm³/mol. The number of hydrogen-bond donors (Lipinski definition) is 16. The van der Waals surface area contributed by atoms with Gasteiger partial charge in [-0.1, -0.05) is 27.4 Å². The van der Waals surface area contributed by atoms with Crippen molar-refractivity contribution in [2.24, 2.45) is 46.5 Å². The Morgan fingerprint density at radius 3 is 1.05 bits per heavy atom. The van der Waals surface area contributed by atoms with Crippen LogP contribution in [-0.4, -0.2) is 154 Å². The van der Waals surface area contributed by atoms with Gasteiger partial charge in [0.25, 0.3) is 23.6 Å². The van der Waals surface area contributed by atoms with Gasteiger partial charge in [-0.05, 0) is 183 Å². The van der Waals surface area contributed by atoms with E-state index in [2.05, 4.69) is 77.1 Å². The third-order valence-electron chi connectivity index (χ3n) is 10.7. The second kappa shape index (κ2) is 32.3. The second-order valence-electron chi connectivity index (χ2n) is 23.6. The molecule has 0 saturated heterocycles. The molecular weight excluding hydrogens is 1180 g/mol. The van der Waals surface area contributed by atoms with Crippen molar-refractivity contribution in [1.29, 1.82) is 0 Å². The van der Waals surface area contributed by atoms with E-state index in [0.29, 0.717) is 0 Å². The summed E-state index contributed by atoms with van der Waals surface area (Å²) in [5, 5.41) is 62.6. The van der Waals surface area contributed by atoms with Gasteiger partial charge in [0.2, 0.25) is 23.8 Å². The van der Waals surface area contributed by atoms with E-state index in [4.69, 9.17) is 83.2 Å². The predicted octanol–water partition coefficient (Wildman–Crippen LogP) is 6.99. The highest BCUT2D eigenvalue weighted by Gasteiger charge is 2.32. The van der Waals surface area contributed by atoms with Crippen LogP contribution in [0, 0.1) is 23.6 Å². The summed E-state index contributed by atoms with van der Waals surface area (Å²) in [6.45, 7) is 5.86. The number of rotatable bonds is 16. The van der Waals surface area contributed by atoms with Gasteiger partial charge in [-0.3, -0.25) is 19.2 Å². The number of aromatic nitrogens is 8. The average molecular weight is 1330 g/mol. The molecule has 92 heavy (non-hydrogen) atoms. The van der Waals surface area contributed by atoms with Gasteiger partial charge in [0, 0.05) is 120 Å². The van der Waals surface area contributed by atoms with Crippen LogP contribution >= 0.6 is 0 Å². The molecule has 0 aliphatic heterocycles. The first kappa shape index (κ1) is 33.5. The van der Waals surface area contributed by atoms with Gasteiger partial charge in [0.1, 0.15) is 23.3 Å². The van der Waals surface area contributed by atoms with E-state index in [1.54, 1.807) is 83.1 Å². The molecule has 0 aromatic carbocycles. The SMILES string of the molecule is [2H]C([2H])([2H])C1([2H])C([2H])(O)CC([2H])(Nc2nc(NC(C)(C)C)ncc2C(N)=O)C([2H])([2H])C1([2H])[2H].[2H]C([2H])([2H])C1([2H])C([2H])([2H])C([2H])([2H])C([2H])(Nc2nc(NC(C)(C)C)ncc2C(N)=O)C([2H])([2H])C1([2H])O.[2H]C1C([2H])(O)C([2H])(C([2H])([2H])[2H])C([2H])([2H])C([2H])([2H])C1([2H])Nc1nc(NC(C)(C)C)ncc1C(N)=O.[2H]C1C([2H])([2H])C([2H])(C([2H])([2H])[2H])C([2H])(O)C([2H])([2H])C1([2H])Nc1nc(NC(C)(C)C)ncc1C(N)=O. The third kappa shape index (κ3) is 24.8. The lowest BCUT2D eigenvalue weighted by Gasteiger charge is -2.32. The smallest absolute Gasteiger partial charge is 0.254 e. The molecule has 4 aromatic rings. The topological polar surface area (TPSA) is 453 Å². The zero-order chi connectivity index (χ0) is 108. The average Bonchev–Trinajstić information content (AvgIpc) is 0.663. The Balaban J connectivity index is 0.000000320. The highest BCUT2D eigenvalue weighted by atomic mass is 16.3. The fraction of sp³-hybridized carbons (Fsp3) is 0.688. The molecule has 0 bridgehead atoms. The lowest BCUT2D eigenvalue weighted by atomic mass is 9.85. The number of aliphatic hydroxyl groups is 4. The van der Waals surface area contributed by atoms with Crippen LogP contribution in [0.25, 0.3) is 0 Å². The molecule has 4 aliphatic rings. The molecule has 8 rings (SSSR count). The summed E-state index contributed by atoms with van der Waals surface area (Å²) in [4.78, 5) is 79.1. The van der Waals surface area contributed by atoms with Gasteiger partial charge < -0.3 is 85.9 Å². The highest BCUT2D eigenvalue weighted by molar-refractivity contribution is 5.99. The maximum absolute atomic E-state index is 11.9. The molecular formula is C64H108N20O8. The van der Waals surface area contributed by atoms with Crippen LogP contribution in [0.3, 0.4) is 0 Å². The molecule has 14 unspecified atom stereocenters. The number of primary amides is 4. The number of anilines is 8. The van der Waals surface area contributed by atoms with Crippen LogP contribution in [0.5, 0.6) is 0 Å². The van der Waals surface area contributed by atoms with Gasteiger partial charge in [-0.15, -0.1) is 0 Å². The Labute approximate surface area is 604 Å². The molecule has 14 atom stereocenters. The fourth-order valence-electron chi connectivity index (χ4n) is 6.79. The first-order valence-electron chi connectivity index (χ1n) is 49.3. The van der Waals surface area contributed by atoms with Crippen molar-refractivity contribution in [2.75, 3.05) is 42.5 Å². The Morgan fingerprint density at radius 1 is 0.424 bits per heavy atom. The summed E-state index contributed by atoms with van der Waals surface area (Å²) in [5.74, 6) is -23.0. The summed E-state index contributed by atoms with van der Waals surface area (Å²) in [6.07, 6.45) is -52.9. The Kier molecular flexibility index (Phi) is 11.8. The van der Waals surface area contributed by atoms with Crippen LogP contribution < -0.4 is 65.5 Å². The van der Waals surface area contributed by atoms with Crippen LogP contribution in [0.4, 0.5) is 47.1 Å². The zero-order valence-corrected chi connectivity index (χ0v) is 52.0. The molecule has 4 saturated carbocycles. The fourth-order valence-corrected chi connectivity index (χ4v) is 6.79. The number of hydrogen-bond acceptors (Lipinski definition) is 24. The summed E-state index contributed by atoms with van der Waals surface area (Å²) in [5.41, 5.74) is 16.9. The van der Waals surface area contributed by atoms with Gasteiger partial charge in [-0.2, -0.15) is 19.9 Å². The van der Waals surface area contributed by atoms with E-state index in [9.17, 15) is 39.6 Å². The van der Waals surface area contributed by atoms with E-state index >= 15 is 0 Å². The molecule has 4 fully saturated rings. The molecule has 28 nitrogen and oxygen atoms in total. The number of nitrogens with zero attached hydrogens (tertiary/aromatic N) is 8. The van der Waals surface area contributed by atoms with Gasteiger partial charge in [0.05, 0.1) is 57.5 Å². The molecule has 0 spiro atoms. The lowest BCUT2D eigenvalue weighted by Crippen LogP contribution is -2.36. The second-order valence-corrected chi connectivity index (χ2v) is 23.6. The van der Waals surface area contributed by atoms with E-state index in [1.807, 2.05) is 5.32 Å². The molecule has 28 heteroatoms. The molecule has 20 N–H and O–H groups in total. The molecule has 512 valence electrons. The highest BCUT2D eigenvalue weighted by Crippen LogP contribution is 2.32. The molecule has 4 amide bonds. The van der Waals surface area contributed by atoms with Crippen molar-refractivity contribution < 1.29 is 99.9 Å². The molecule has 0 radical (unpaired) electrons. The zero-order valence-electron chi connectivity index (χ0n) is 96.0. The maximum Gasteiger partial charge on any atom is 0.254 e. The van der Waals surface area contributed by atoms with Crippen LogP contribution in [0.1, 0.15) is 289 Å². The molecule has 4 aliphatic carbocycles. The summed E-state index contributed by atoms with van der Waals surface area (Å²) < 4.78 is 356. The maximum atomic E-state index is 11.9. The number of nitrogens with one attached hydrogen (secondary N) is 8.